The summed E-state index contributed by atoms with van der Waals surface area (Å²) in [5.74, 6) is 0. The van der Waals surface area contributed by atoms with Crippen molar-refractivity contribution >= 4 is 17.8 Å². The molecule has 0 spiro atoms. The summed E-state index contributed by atoms with van der Waals surface area (Å²) in [4.78, 5) is 9.76. The molecule has 3 heteroatoms. The molecule has 0 aliphatic heterocycles. The van der Waals surface area contributed by atoms with Crippen molar-refractivity contribution in [2.24, 2.45) is 0 Å². The number of nitrogens with zero attached hydrogens (tertiary/aromatic N) is 1. The van der Waals surface area contributed by atoms with Gasteiger partial charge in [0, 0.05) is 12.1 Å². The molecule has 0 bridgehead atoms. The van der Waals surface area contributed by atoms with E-state index in [-0.39, 0.29) is 5.69 Å². The molecule has 3 nitrogen and oxygen atoms in total. The van der Waals surface area contributed by atoms with Gasteiger partial charge in [-0.15, -0.1) is 0 Å². The minimum Gasteiger partial charge on any atom is -0.258 e. The number of hydrogen-bond donors (Lipinski definition) is 0. The van der Waals surface area contributed by atoms with Crippen LogP contribution in [0.25, 0.3) is 12.2 Å². The van der Waals surface area contributed by atoms with E-state index in [9.17, 15) is 10.1 Å². The van der Waals surface area contributed by atoms with Gasteiger partial charge in [0.2, 0.25) is 0 Å². The van der Waals surface area contributed by atoms with E-state index >= 15 is 0 Å². The van der Waals surface area contributed by atoms with Gasteiger partial charge in [-0.25, -0.2) is 0 Å². The number of nitro groups is 1. The number of rotatable bonds is 3. The summed E-state index contributed by atoms with van der Waals surface area (Å²) in [5.41, 5.74) is 2.17. The molecule has 0 aliphatic carbocycles. The Bertz CT molecular complexity index is 545. The Morgan fingerprint density at radius 1 is 0.842 bits per heavy atom. The Labute approximate surface area is 112 Å². The van der Waals surface area contributed by atoms with Crippen molar-refractivity contribution in [1.82, 2.24) is 0 Å². The van der Waals surface area contributed by atoms with Gasteiger partial charge in [-0.05, 0) is 23.3 Å². The maximum absolute atomic E-state index is 10.2. The van der Waals surface area contributed by atoms with E-state index < -0.39 is 4.92 Å². The van der Waals surface area contributed by atoms with Crippen molar-refractivity contribution < 1.29 is 4.92 Å². The fourth-order valence-corrected chi connectivity index (χ4v) is 1.32. The first-order chi connectivity index (χ1) is 9.17. The highest BCUT2D eigenvalue weighted by Crippen LogP contribution is 2.11. The van der Waals surface area contributed by atoms with Crippen molar-refractivity contribution in [2.45, 2.75) is 0 Å². The highest BCUT2D eigenvalue weighted by atomic mass is 16.6. The van der Waals surface area contributed by atoms with Crippen LogP contribution in [0.5, 0.6) is 0 Å². The lowest BCUT2D eigenvalue weighted by molar-refractivity contribution is -0.384. The van der Waals surface area contributed by atoms with Crippen LogP contribution >= 0.6 is 0 Å². The van der Waals surface area contributed by atoms with Gasteiger partial charge in [-0.2, -0.15) is 0 Å². The lowest BCUT2D eigenvalue weighted by Gasteiger charge is -1.91. The average Bonchev–Trinajstić information content (AvgIpc) is 2.48. The molecule has 0 aliphatic rings. The van der Waals surface area contributed by atoms with Crippen molar-refractivity contribution in [3.63, 3.8) is 0 Å². The van der Waals surface area contributed by atoms with Crippen LogP contribution in [0.3, 0.4) is 0 Å². The SMILES string of the molecule is C=Cc1ccc([N+](=O)[O-])cc1.C=Cc1ccccc1. The molecule has 2 rings (SSSR count). The first-order valence-corrected chi connectivity index (χ1v) is 5.71. The fourth-order valence-electron chi connectivity index (χ4n) is 1.32. The summed E-state index contributed by atoms with van der Waals surface area (Å²) in [5, 5.41) is 10.2. The van der Waals surface area contributed by atoms with Crippen LogP contribution in [-0.2, 0) is 0 Å². The zero-order chi connectivity index (χ0) is 14.1. The quantitative estimate of drug-likeness (QED) is 0.594. The summed E-state index contributed by atoms with van der Waals surface area (Å²) >= 11 is 0. The monoisotopic (exact) mass is 253 g/mol. The largest absolute Gasteiger partial charge is 0.269 e. The number of nitro benzene ring substituents is 1. The third-order valence-electron chi connectivity index (χ3n) is 2.37. The molecular weight excluding hydrogens is 238 g/mol. The minimum atomic E-state index is -0.424. The molecule has 0 N–H and O–H groups in total. The summed E-state index contributed by atoms with van der Waals surface area (Å²) in [6, 6.07) is 16.3. The highest BCUT2D eigenvalue weighted by molar-refractivity contribution is 5.49. The van der Waals surface area contributed by atoms with Gasteiger partial charge in [0.15, 0.2) is 0 Å². The van der Waals surface area contributed by atoms with E-state index in [0.29, 0.717) is 0 Å². The molecule has 0 atom stereocenters. The van der Waals surface area contributed by atoms with Crippen molar-refractivity contribution in [2.75, 3.05) is 0 Å². The van der Waals surface area contributed by atoms with Crippen LogP contribution in [0.15, 0.2) is 67.8 Å². The second kappa shape index (κ2) is 7.61. The molecule has 0 radical (unpaired) electrons. The predicted molar refractivity (Wildman–Crippen MR) is 79.7 cm³/mol. The molecule has 96 valence electrons. The smallest absolute Gasteiger partial charge is 0.258 e. The first-order valence-electron chi connectivity index (χ1n) is 5.71. The lowest BCUT2D eigenvalue weighted by atomic mass is 10.2. The van der Waals surface area contributed by atoms with E-state index in [1.54, 1.807) is 18.2 Å². The maximum Gasteiger partial charge on any atom is 0.269 e. The second-order valence-corrected chi connectivity index (χ2v) is 3.67. The Balaban J connectivity index is 0.000000200. The molecule has 0 unspecified atom stereocenters. The van der Waals surface area contributed by atoms with Gasteiger partial charge in [-0.3, -0.25) is 10.1 Å². The van der Waals surface area contributed by atoms with Crippen LogP contribution in [0, 0.1) is 10.1 Å². The van der Waals surface area contributed by atoms with Crippen LogP contribution in [0.4, 0.5) is 5.69 Å². The van der Waals surface area contributed by atoms with Crippen LogP contribution in [0.2, 0.25) is 0 Å². The highest BCUT2D eigenvalue weighted by Gasteiger charge is 2.01. The van der Waals surface area contributed by atoms with Gasteiger partial charge in [0.05, 0.1) is 4.92 Å². The van der Waals surface area contributed by atoms with E-state index in [1.165, 1.54) is 17.7 Å². The molecule has 0 aromatic heterocycles. The molecule has 2 aromatic carbocycles. The van der Waals surface area contributed by atoms with E-state index in [4.69, 9.17) is 0 Å². The Morgan fingerprint density at radius 3 is 1.68 bits per heavy atom. The van der Waals surface area contributed by atoms with E-state index in [1.807, 2.05) is 36.4 Å². The van der Waals surface area contributed by atoms with E-state index in [0.717, 1.165) is 5.56 Å². The predicted octanol–water partition coefficient (Wildman–Crippen LogP) is 4.57. The Morgan fingerprint density at radius 2 is 1.32 bits per heavy atom. The number of hydrogen-bond acceptors (Lipinski definition) is 2. The maximum atomic E-state index is 10.2. The van der Waals surface area contributed by atoms with Gasteiger partial charge < -0.3 is 0 Å². The fraction of sp³-hybridized carbons (Fsp3) is 0. The normalized spacial score (nSPS) is 8.84. The molecule has 0 fully saturated rings. The molecule has 0 saturated carbocycles. The van der Waals surface area contributed by atoms with Crippen LogP contribution in [0.1, 0.15) is 11.1 Å². The van der Waals surface area contributed by atoms with Gasteiger partial charge in [0.25, 0.3) is 5.69 Å². The van der Waals surface area contributed by atoms with Crippen molar-refractivity contribution in [3.8, 4) is 0 Å². The topological polar surface area (TPSA) is 43.1 Å². The molecule has 0 saturated heterocycles. The average molecular weight is 253 g/mol. The van der Waals surface area contributed by atoms with Gasteiger partial charge in [0.1, 0.15) is 0 Å². The van der Waals surface area contributed by atoms with E-state index in [2.05, 4.69) is 13.2 Å². The molecule has 0 amide bonds. The van der Waals surface area contributed by atoms with Crippen LogP contribution in [-0.4, -0.2) is 4.92 Å². The molecule has 19 heavy (non-hydrogen) atoms. The summed E-state index contributed by atoms with van der Waals surface area (Å²) in [6.07, 6.45) is 3.48. The third-order valence-corrected chi connectivity index (χ3v) is 2.37. The Hall–Kier alpha value is -2.68. The van der Waals surface area contributed by atoms with Gasteiger partial charge >= 0.3 is 0 Å². The minimum absolute atomic E-state index is 0.107. The molecule has 2 aromatic rings. The lowest BCUT2D eigenvalue weighted by Crippen LogP contribution is -1.86. The van der Waals surface area contributed by atoms with Gasteiger partial charge in [-0.1, -0.05) is 55.6 Å². The Kier molecular flexibility index (Phi) is 5.76. The first kappa shape index (κ1) is 14.4. The van der Waals surface area contributed by atoms with Crippen molar-refractivity contribution in [3.05, 3.63) is 89.0 Å². The number of non-ortho nitro benzene ring substituents is 1. The third kappa shape index (κ3) is 5.00. The summed E-state index contributed by atoms with van der Waals surface area (Å²) in [7, 11) is 0. The number of benzene rings is 2. The molecule has 0 heterocycles. The van der Waals surface area contributed by atoms with Crippen LogP contribution < -0.4 is 0 Å². The molecular formula is C16H15NO2. The second-order valence-electron chi connectivity index (χ2n) is 3.67. The van der Waals surface area contributed by atoms with Crippen molar-refractivity contribution in [1.29, 1.82) is 0 Å². The zero-order valence-corrected chi connectivity index (χ0v) is 10.5. The standard InChI is InChI=1S/C8H7NO2.C8H8/c1-2-7-3-5-8(6-4-7)9(10)11;1-2-8-6-4-3-5-7-8/h2-6H,1H2;2-7H,1H2. The summed E-state index contributed by atoms with van der Waals surface area (Å²) < 4.78 is 0. The summed E-state index contributed by atoms with van der Waals surface area (Å²) in [6.45, 7) is 7.17. The zero-order valence-electron chi connectivity index (χ0n) is 10.5.